The predicted molar refractivity (Wildman–Crippen MR) is 43.1 cm³/mol. The first kappa shape index (κ1) is 16.2. The molecule has 0 aliphatic rings. The van der Waals surface area contributed by atoms with Crippen molar-refractivity contribution in [1.82, 2.24) is 0 Å². The van der Waals surface area contributed by atoms with Crippen molar-refractivity contribution in [2.45, 2.75) is 13.3 Å². The summed E-state index contributed by atoms with van der Waals surface area (Å²) in [5, 5.41) is 7.72. The number of hydrogen-bond acceptors (Lipinski definition) is 4. The highest BCUT2D eigenvalue weighted by molar-refractivity contribution is 7.60. The first-order chi connectivity index (χ1) is 5.98. The average molecular weight is 252 g/mol. The molecule has 0 spiro atoms. The molecule has 14 heavy (non-hydrogen) atoms. The van der Waals surface area contributed by atoms with Crippen LogP contribution in [0.5, 0.6) is 0 Å². The molecular formula is C3H10O9P2. The van der Waals surface area contributed by atoms with E-state index in [1.807, 2.05) is 0 Å². The van der Waals surface area contributed by atoms with Crippen LogP contribution < -0.4 is 0 Å². The summed E-state index contributed by atoms with van der Waals surface area (Å²) in [6.07, 6.45) is 0.222. The minimum Gasteiger partial charge on any atom is -0.481 e. The molecule has 9 nitrogen and oxygen atoms in total. The third-order valence-electron chi connectivity index (χ3n) is 0.515. The summed E-state index contributed by atoms with van der Waals surface area (Å²) < 4.78 is 22.2. The Morgan fingerprint density at radius 1 is 1.14 bits per heavy atom. The van der Waals surface area contributed by atoms with Gasteiger partial charge in [-0.05, 0) is 0 Å². The molecule has 5 N–H and O–H groups in total. The van der Waals surface area contributed by atoms with Gasteiger partial charge in [0, 0.05) is 6.42 Å². The van der Waals surface area contributed by atoms with Crippen molar-refractivity contribution in [3.63, 3.8) is 0 Å². The summed E-state index contributed by atoms with van der Waals surface area (Å²) in [6, 6.07) is 0. The topological polar surface area (TPSA) is 162 Å². The van der Waals surface area contributed by atoms with Gasteiger partial charge in [0.15, 0.2) is 0 Å². The Bertz CT molecular complexity index is 239. The van der Waals surface area contributed by atoms with Gasteiger partial charge in [-0.1, -0.05) is 6.92 Å². The number of aliphatic carboxylic acids is 1. The van der Waals surface area contributed by atoms with E-state index in [1.54, 1.807) is 6.92 Å². The summed E-state index contributed by atoms with van der Waals surface area (Å²) in [7, 11) is -10.1. The molecular weight excluding hydrogens is 242 g/mol. The molecule has 0 unspecified atom stereocenters. The normalized spacial score (nSPS) is 11.5. The van der Waals surface area contributed by atoms with Gasteiger partial charge in [-0.2, -0.15) is 4.31 Å². The largest absolute Gasteiger partial charge is 0.481 e. The van der Waals surface area contributed by atoms with Crippen LogP contribution in [-0.2, 0) is 18.2 Å². The number of carboxylic acid groups (broad SMARTS) is 1. The Balaban J connectivity index is 0. The quantitative estimate of drug-likeness (QED) is 0.423. The molecule has 0 bridgehead atoms. The Kier molecular flexibility index (Phi) is 7.23. The summed E-state index contributed by atoms with van der Waals surface area (Å²) in [4.78, 5) is 40.4. The van der Waals surface area contributed by atoms with E-state index in [0.717, 1.165) is 0 Å². The summed E-state index contributed by atoms with van der Waals surface area (Å²) in [5.74, 6) is -0.745. The Morgan fingerprint density at radius 2 is 1.36 bits per heavy atom. The Labute approximate surface area is 78.8 Å². The van der Waals surface area contributed by atoms with Gasteiger partial charge >= 0.3 is 21.6 Å². The highest BCUT2D eigenvalue weighted by Crippen LogP contribution is 2.53. The van der Waals surface area contributed by atoms with Crippen LogP contribution in [0, 0.1) is 0 Å². The van der Waals surface area contributed by atoms with Crippen molar-refractivity contribution in [1.29, 1.82) is 0 Å². The molecule has 0 aromatic heterocycles. The SMILES string of the molecule is CCC(=O)O.O=P(O)(O)OP(=O)(O)O. The zero-order chi connectivity index (χ0) is 12.0. The average Bonchev–Trinajstić information content (AvgIpc) is 1.80. The molecule has 0 aromatic carbocycles. The first-order valence-corrected chi connectivity index (χ1v) is 6.08. The molecule has 0 aromatic rings. The van der Waals surface area contributed by atoms with Gasteiger partial charge in [0.2, 0.25) is 0 Å². The van der Waals surface area contributed by atoms with E-state index in [2.05, 4.69) is 4.31 Å². The van der Waals surface area contributed by atoms with Crippen LogP contribution in [-0.4, -0.2) is 30.6 Å². The molecule has 0 saturated carbocycles. The third kappa shape index (κ3) is 22.6. The minimum atomic E-state index is -5.05. The lowest BCUT2D eigenvalue weighted by molar-refractivity contribution is -0.136. The van der Waals surface area contributed by atoms with Gasteiger partial charge in [-0.15, -0.1) is 0 Å². The Hall–Kier alpha value is -0.270. The van der Waals surface area contributed by atoms with Crippen molar-refractivity contribution in [2.75, 3.05) is 0 Å². The maximum absolute atomic E-state index is 9.63. The maximum Gasteiger partial charge on any atom is 0.478 e. The summed E-state index contributed by atoms with van der Waals surface area (Å²) in [5.41, 5.74) is 0. The zero-order valence-corrected chi connectivity index (χ0v) is 8.76. The van der Waals surface area contributed by atoms with E-state index in [-0.39, 0.29) is 6.42 Å². The molecule has 0 heterocycles. The molecule has 0 aliphatic heterocycles. The van der Waals surface area contributed by atoms with Gasteiger partial charge in [-0.3, -0.25) is 4.79 Å². The van der Waals surface area contributed by atoms with Gasteiger partial charge in [-0.25, -0.2) is 9.13 Å². The van der Waals surface area contributed by atoms with Crippen LogP contribution >= 0.6 is 15.6 Å². The second-order valence-corrected chi connectivity index (χ2v) is 4.43. The molecule has 0 rings (SSSR count). The minimum absolute atomic E-state index is 0.222. The fraction of sp³-hybridized carbons (Fsp3) is 0.667. The van der Waals surface area contributed by atoms with E-state index < -0.39 is 21.6 Å². The van der Waals surface area contributed by atoms with Crippen LogP contribution in [0.2, 0.25) is 0 Å². The van der Waals surface area contributed by atoms with E-state index >= 15 is 0 Å². The van der Waals surface area contributed by atoms with Crippen LogP contribution in [0.15, 0.2) is 0 Å². The molecule has 0 saturated heterocycles. The van der Waals surface area contributed by atoms with E-state index in [0.29, 0.717) is 0 Å². The molecule has 86 valence electrons. The Morgan fingerprint density at radius 3 is 1.36 bits per heavy atom. The lowest BCUT2D eigenvalue weighted by Gasteiger charge is -2.03. The second-order valence-electron chi connectivity index (χ2n) is 1.81. The maximum atomic E-state index is 9.63. The molecule has 0 amide bonds. The summed E-state index contributed by atoms with van der Waals surface area (Å²) >= 11 is 0. The van der Waals surface area contributed by atoms with Crippen LogP contribution in [0.4, 0.5) is 0 Å². The number of phosphoric acid groups is 2. The van der Waals surface area contributed by atoms with E-state index in [1.165, 1.54) is 0 Å². The molecule has 11 heteroatoms. The van der Waals surface area contributed by atoms with Crippen LogP contribution in [0.3, 0.4) is 0 Å². The van der Waals surface area contributed by atoms with Gasteiger partial charge < -0.3 is 24.7 Å². The highest BCUT2D eigenvalue weighted by atomic mass is 31.3. The lowest BCUT2D eigenvalue weighted by atomic mass is 10.5. The predicted octanol–water partition coefficient (Wildman–Crippen LogP) is -0.331. The smallest absolute Gasteiger partial charge is 0.478 e. The van der Waals surface area contributed by atoms with Gasteiger partial charge in [0.1, 0.15) is 0 Å². The second kappa shape index (κ2) is 6.26. The van der Waals surface area contributed by atoms with Crippen molar-refractivity contribution in [3.05, 3.63) is 0 Å². The summed E-state index contributed by atoms with van der Waals surface area (Å²) in [6.45, 7) is 1.60. The molecule has 0 atom stereocenters. The number of carboxylic acids is 1. The number of hydrogen-bond donors (Lipinski definition) is 5. The monoisotopic (exact) mass is 252 g/mol. The lowest BCUT2D eigenvalue weighted by Crippen LogP contribution is -1.86. The fourth-order valence-electron chi connectivity index (χ4n) is 0.139. The molecule has 0 aliphatic carbocycles. The number of rotatable bonds is 3. The molecule has 0 radical (unpaired) electrons. The van der Waals surface area contributed by atoms with Crippen molar-refractivity contribution in [3.8, 4) is 0 Å². The third-order valence-corrected chi connectivity index (χ3v) is 2.22. The van der Waals surface area contributed by atoms with Crippen molar-refractivity contribution in [2.24, 2.45) is 0 Å². The fourth-order valence-corrected chi connectivity index (χ4v) is 1.25. The van der Waals surface area contributed by atoms with Crippen LogP contribution in [0.25, 0.3) is 0 Å². The van der Waals surface area contributed by atoms with Crippen molar-refractivity contribution >= 4 is 21.6 Å². The van der Waals surface area contributed by atoms with Gasteiger partial charge in [0.05, 0.1) is 0 Å². The first-order valence-electron chi connectivity index (χ1n) is 3.02. The molecule has 0 fully saturated rings. The standard InChI is InChI=1S/C3H6O2.H4O7P2/c1-2-3(4)5;1-8(2,3)7-9(4,5)6/h2H2,1H3,(H,4,5);(H2,1,2,3)(H2,4,5,6). The van der Waals surface area contributed by atoms with E-state index in [4.69, 9.17) is 24.7 Å². The number of carbonyl (C=O) groups is 1. The van der Waals surface area contributed by atoms with E-state index in [9.17, 15) is 13.9 Å². The highest BCUT2D eigenvalue weighted by Gasteiger charge is 2.27. The van der Waals surface area contributed by atoms with Gasteiger partial charge in [0.25, 0.3) is 0 Å². The van der Waals surface area contributed by atoms with Crippen LogP contribution in [0.1, 0.15) is 13.3 Å². The van der Waals surface area contributed by atoms with Crippen molar-refractivity contribution < 1.29 is 42.9 Å². The zero-order valence-electron chi connectivity index (χ0n) is 6.97.